The Morgan fingerprint density at radius 2 is 0.836 bits per heavy atom. The number of benzene rings is 7. The van der Waals surface area contributed by atoms with E-state index in [1.807, 2.05) is 6.20 Å². The van der Waals surface area contributed by atoms with Gasteiger partial charge >= 0.3 is 0 Å². The molecule has 0 amide bonds. The zero-order chi connectivity index (χ0) is 37.7. The Balaban J connectivity index is 1.03. The summed E-state index contributed by atoms with van der Waals surface area (Å²) in [6.45, 7) is 11.5. The zero-order valence-corrected chi connectivity index (χ0v) is 32.3. The smallest absolute Gasteiger partial charge is 0.0702 e. The molecular formula is C54H45N. The lowest BCUT2D eigenvalue weighted by Crippen LogP contribution is -2.14. The Morgan fingerprint density at radius 3 is 1.42 bits per heavy atom. The van der Waals surface area contributed by atoms with Crippen LogP contribution in [-0.2, 0) is 10.8 Å². The molecule has 0 radical (unpaired) electrons. The largest absolute Gasteiger partial charge is 0.256 e. The number of hydrogen-bond acceptors (Lipinski definition) is 1. The summed E-state index contributed by atoms with van der Waals surface area (Å²) in [4.78, 5) is 5.05. The molecule has 0 bridgehead atoms. The van der Waals surface area contributed by atoms with Gasteiger partial charge in [0, 0.05) is 22.7 Å². The van der Waals surface area contributed by atoms with Gasteiger partial charge in [-0.2, -0.15) is 0 Å². The number of aromatic nitrogens is 1. The summed E-state index contributed by atoms with van der Waals surface area (Å²) in [5, 5.41) is 0. The van der Waals surface area contributed by atoms with Crippen LogP contribution in [0.4, 0.5) is 0 Å². The van der Waals surface area contributed by atoms with Crippen LogP contribution in [0.5, 0.6) is 0 Å². The number of hydrogen-bond donors (Lipinski definition) is 0. The number of rotatable bonds is 6. The fourth-order valence-corrected chi connectivity index (χ4v) is 8.26. The summed E-state index contributed by atoms with van der Waals surface area (Å²) in [7, 11) is 0. The summed E-state index contributed by atoms with van der Waals surface area (Å²) in [6, 6.07) is 64.4. The molecule has 0 N–H and O–H groups in total. The van der Waals surface area contributed by atoms with Crippen molar-refractivity contribution in [2.45, 2.75) is 45.4 Å². The Morgan fingerprint density at radius 1 is 0.364 bits per heavy atom. The second-order valence-electron chi connectivity index (χ2n) is 16.5. The van der Waals surface area contributed by atoms with Crippen molar-refractivity contribution in [3.8, 4) is 78.0 Å². The van der Waals surface area contributed by atoms with E-state index in [1.54, 1.807) is 0 Å². The predicted octanol–water partition coefficient (Wildman–Crippen LogP) is 14.7. The van der Waals surface area contributed by atoms with Gasteiger partial charge in [-0.3, -0.25) is 4.98 Å². The zero-order valence-electron chi connectivity index (χ0n) is 32.3. The Hall–Kier alpha value is -6.31. The maximum atomic E-state index is 5.05. The minimum atomic E-state index is -0.0414. The highest BCUT2D eigenvalue weighted by Crippen LogP contribution is 2.49. The van der Waals surface area contributed by atoms with Crippen LogP contribution < -0.4 is 0 Å². The monoisotopic (exact) mass is 707 g/mol. The van der Waals surface area contributed by atoms with E-state index in [9.17, 15) is 0 Å². The van der Waals surface area contributed by atoms with Crippen LogP contribution in [-0.4, -0.2) is 4.98 Å². The van der Waals surface area contributed by atoms with E-state index in [4.69, 9.17) is 4.98 Å². The fraction of sp³-hybridized carbons (Fsp3) is 0.130. The summed E-state index contributed by atoms with van der Waals surface area (Å²) < 4.78 is 0. The molecular weight excluding hydrogens is 663 g/mol. The van der Waals surface area contributed by atoms with Gasteiger partial charge in [-0.15, -0.1) is 0 Å². The minimum absolute atomic E-state index is 0.0207. The van der Waals surface area contributed by atoms with Crippen LogP contribution in [0.3, 0.4) is 0 Å². The first-order chi connectivity index (χ1) is 26.6. The molecule has 1 aliphatic carbocycles. The maximum Gasteiger partial charge on any atom is 0.0702 e. The molecule has 0 fully saturated rings. The molecule has 9 rings (SSSR count). The summed E-state index contributed by atoms with van der Waals surface area (Å²) in [5.41, 5.74) is 20.8. The van der Waals surface area contributed by atoms with Gasteiger partial charge in [0.15, 0.2) is 0 Å². The van der Waals surface area contributed by atoms with Gasteiger partial charge < -0.3 is 0 Å². The SMILES string of the molecule is CC(C)(C)c1cc(-c2ccc(-c3ccc4c(c3)C(C)(C)c3ccccc3-4)nc2)cc(-c2cccc(-c3cccc(-c4cccc(-c5ccccc5)c4)c3)c2)c1. The molecule has 55 heavy (non-hydrogen) atoms. The number of pyridine rings is 1. The first kappa shape index (κ1) is 34.5. The molecule has 266 valence electrons. The van der Waals surface area contributed by atoms with Gasteiger partial charge in [-0.25, -0.2) is 0 Å². The standard InChI is InChI=1S/C54H45N/c1-53(2,3)47-32-45(42-21-13-20-41(30-42)40-19-12-18-39(29-40)38-17-11-16-37(28-38)36-14-7-6-8-15-36)31-46(33-47)44-25-27-52(55-35-44)43-24-26-49-48-22-9-10-23-50(48)54(4,5)51(49)34-43/h6-35H,1-5H3. The van der Waals surface area contributed by atoms with E-state index in [-0.39, 0.29) is 10.8 Å². The lowest BCUT2D eigenvalue weighted by atomic mass is 9.82. The first-order valence-corrected chi connectivity index (χ1v) is 19.4. The van der Waals surface area contributed by atoms with Crippen LogP contribution in [0.2, 0.25) is 0 Å². The van der Waals surface area contributed by atoms with E-state index in [0.29, 0.717) is 0 Å². The van der Waals surface area contributed by atoms with Crippen molar-refractivity contribution >= 4 is 0 Å². The van der Waals surface area contributed by atoms with Gasteiger partial charge in [0.05, 0.1) is 5.69 Å². The molecule has 0 atom stereocenters. The Labute approximate surface area is 326 Å². The molecule has 0 aliphatic heterocycles. The topological polar surface area (TPSA) is 12.9 Å². The highest BCUT2D eigenvalue weighted by Gasteiger charge is 2.35. The molecule has 0 saturated carbocycles. The van der Waals surface area contributed by atoms with Crippen LogP contribution in [0.1, 0.15) is 51.3 Å². The van der Waals surface area contributed by atoms with Crippen molar-refractivity contribution in [1.29, 1.82) is 0 Å². The molecule has 1 aliphatic rings. The molecule has 1 heteroatoms. The van der Waals surface area contributed by atoms with Gasteiger partial charge in [0.25, 0.3) is 0 Å². The van der Waals surface area contributed by atoms with Gasteiger partial charge in [0.1, 0.15) is 0 Å². The molecule has 1 aromatic heterocycles. The van der Waals surface area contributed by atoms with Crippen molar-refractivity contribution < 1.29 is 0 Å². The number of fused-ring (bicyclic) bond motifs is 3. The second kappa shape index (κ2) is 13.5. The number of nitrogens with zero attached hydrogens (tertiary/aromatic N) is 1. The highest BCUT2D eigenvalue weighted by molar-refractivity contribution is 5.84. The van der Waals surface area contributed by atoms with Crippen LogP contribution in [0.15, 0.2) is 182 Å². The average molecular weight is 708 g/mol. The van der Waals surface area contributed by atoms with Crippen molar-refractivity contribution in [2.24, 2.45) is 0 Å². The van der Waals surface area contributed by atoms with Gasteiger partial charge in [0.2, 0.25) is 0 Å². The third-order valence-electron chi connectivity index (χ3n) is 11.5. The fourth-order valence-electron chi connectivity index (χ4n) is 8.26. The third-order valence-corrected chi connectivity index (χ3v) is 11.5. The van der Waals surface area contributed by atoms with Crippen molar-refractivity contribution in [3.05, 3.63) is 199 Å². The summed E-state index contributed by atoms with van der Waals surface area (Å²) >= 11 is 0. The molecule has 8 aromatic rings. The molecule has 0 saturated heterocycles. The predicted molar refractivity (Wildman–Crippen MR) is 233 cm³/mol. The van der Waals surface area contributed by atoms with Gasteiger partial charge in [-0.05, 0) is 120 Å². The quantitative estimate of drug-likeness (QED) is 0.168. The lowest BCUT2D eigenvalue weighted by Gasteiger charge is -2.22. The molecule has 1 heterocycles. The second-order valence-corrected chi connectivity index (χ2v) is 16.5. The molecule has 0 spiro atoms. The van der Waals surface area contributed by atoms with E-state index in [0.717, 1.165) is 16.8 Å². The average Bonchev–Trinajstić information content (AvgIpc) is 3.46. The van der Waals surface area contributed by atoms with E-state index >= 15 is 0 Å². The normalized spacial score (nSPS) is 13.0. The van der Waals surface area contributed by atoms with Crippen molar-refractivity contribution in [3.63, 3.8) is 0 Å². The Bertz CT molecular complexity index is 2690. The first-order valence-electron chi connectivity index (χ1n) is 19.4. The molecule has 7 aromatic carbocycles. The van der Waals surface area contributed by atoms with Crippen LogP contribution in [0, 0.1) is 0 Å². The Kier molecular flexibility index (Phi) is 8.47. The highest BCUT2D eigenvalue weighted by atomic mass is 14.7. The maximum absolute atomic E-state index is 5.05. The van der Waals surface area contributed by atoms with Crippen molar-refractivity contribution in [2.75, 3.05) is 0 Å². The third kappa shape index (κ3) is 6.51. The van der Waals surface area contributed by atoms with Crippen LogP contribution in [0.25, 0.3) is 78.0 Å². The summed E-state index contributed by atoms with van der Waals surface area (Å²) in [6.07, 6.45) is 2.04. The van der Waals surface area contributed by atoms with E-state index < -0.39 is 0 Å². The minimum Gasteiger partial charge on any atom is -0.256 e. The molecule has 1 nitrogen and oxygen atoms in total. The lowest BCUT2D eigenvalue weighted by molar-refractivity contribution is 0.590. The van der Waals surface area contributed by atoms with E-state index in [1.165, 1.54) is 77.9 Å². The van der Waals surface area contributed by atoms with Crippen molar-refractivity contribution in [1.82, 2.24) is 4.98 Å². The van der Waals surface area contributed by atoms with Gasteiger partial charge in [-0.1, -0.05) is 174 Å². The van der Waals surface area contributed by atoms with Crippen LogP contribution >= 0.6 is 0 Å². The molecule has 0 unspecified atom stereocenters. The summed E-state index contributed by atoms with van der Waals surface area (Å²) in [5.74, 6) is 0. The van der Waals surface area contributed by atoms with E-state index in [2.05, 4.69) is 211 Å².